The van der Waals surface area contributed by atoms with Crippen LogP contribution in [-0.2, 0) is 0 Å². The molecule has 2 aromatic rings. The summed E-state index contributed by atoms with van der Waals surface area (Å²) in [5.74, 6) is 0.781. The Morgan fingerprint density at radius 1 is 1.21 bits per heavy atom. The van der Waals surface area contributed by atoms with Gasteiger partial charge in [0.15, 0.2) is 5.65 Å². The molecule has 0 radical (unpaired) electrons. The Balaban J connectivity index is 2.32. The van der Waals surface area contributed by atoms with Crippen LogP contribution in [0.4, 0.5) is 5.82 Å². The zero-order valence-electron chi connectivity index (χ0n) is 7.64. The highest BCUT2D eigenvalue weighted by Gasteiger charge is 1.97. The third-order valence-electron chi connectivity index (χ3n) is 1.78. The van der Waals surface area contributed by atoms with Crippen molar-refractivity contribution < 1.29 is 0 Å². The molecule has 2 heterocycles. The second kappa shape index (κ2) is 3.97. The maximum Gasteiger partial charge on any atom is 0.180 e. The van der Waals surface area contributed by atoms with Gasteiger partial charge in [-0.3, -0.25) is 4.98 Å². The number of hydrogen-bond acceptors (Lipinski definition) is 5. The lowest BCUT2D eigenvalue weighted by molar-refractivity contribution is 1.01. The molecule has 0 spiro atoms. The normalized spacial score (nSPS) is 10.4. The van der Waals surface area contributed by atoms with Gasteiger partial charge in [-0.2, -0.15) is 0 Å². The minimum atomic E-state index is 0.584. The second-order valence-electron chi connectivity index (χ2n) is 2.81. The van der Waals surface area contributed by atoms with Gasteiger partial charge < -0.3 is 11.1 Å². The maximum atomic E-state index is 5.37. The molecule has 0 fully saturated rings. The first-order valence-corrected chi connectivity index (χ1v) is 4.42. The van der Waals surface area contributed by atoms with Crippen molar-refractivity contribution in [2.75, 3.05) is 18.4 Å². The third-order valence-corrected chi connectivity index (χ3v) is 1.78. The SMILES string of the molecule is NCCNc1ccc2nccnc2n1. The van der Waals surface area contributed by atoms with E-state index in [9.17, 15) is 0 Å². The molecule has 3 N–H and O–H groups in total. The lowest BCUT2D eigenvalue weighted by Crippen LogP contribution is -2.13. The maximum absolute atomic E-state index is 5.37. The molecule has 5 nitrogen and oxygen atoms in total. The van der Waals surface area contributed by atoms with Crippen LogP contribution in [0.2, 0.25) is 0 Å². The number of aromatic nitrogens is 3. The summed E-state index contributed by atoms with van der Waals surface area (Å²) in [5, 5.41) is 3.08. The van der Waals surface area contributed by atoms with Gasteiger partial charge in [0, 0.05) is 25.5 Å². The zero-order chi connectivity index (χ0) is 9.80. The standard InChI is InChI=1S/C9H11N5/c10-3-4-12-8-2-1-7-9(14-8)13-6-5-11-7/h1-2,5-6H,3-4,10H2,(H,12,13,14). The molecule has 2 aromatic heterocycles. The van der Waals surface area contributed by atoms with E-state index >= 15 is 0 Å². The van der Waals surface area contributed by atoms with Crippen LogP contribution in [0.25, 0.3) is 11.2 Å². The van der Waals surface area contributed by atoms with Crippen LogP contribution >= 0.6 is 0 Å². The van der Waals surface area contributed by atoms with E-state index in [0.717, 1.165) is 11.3 Å². The van der Waals surface area contributed by atoms with Gasteiger partial charge in [-0.1, -0.05) is 0 Å². The fourth-order valence-electron chi connectivity index (χ4n) is 1.15. The predicted molar refractivity (Wildman–Crippen MR) is 54.9 cm³/mol. The van der Waals surface area contributed by atoms with Crippen LogP contribution < -0.4 is 11.1 Å². The summed E-state index contributed by atoms with van der Waals surface area (Å²) in [5.41, 5.74) is 6.82. The lowest BCUT2D eigenvalue weighted by Gasteiger charge is -2.03. The molecule has 14 heavy (non-hydrogen) atoms. The molecule has 2 rings (SSSR count). The Morgan fingerprint density at radius 3 is 2.93 bits per heavy atom. The average Bonchev–Trinajstić information content (AvgIpc) is 2.26. The third kappa shape index (κ3) is 1.77. The van der Waals surface area contributed by atoms with Gasteiger partial charge in [-0.05, 0) is 12.1 Å². The highest BCUT2D eigenvalue weighted by Crippen LogP contribution is 2.09. The monoisotopic (exact) mass is 189 g/mol. The van der Waals surface area contributed by atoms with Crippen molar-refractivity contribution in [2.24, 2.45) is 5.73 Å². The summed E-state index contributed by atoms with van der Waals surface area (Å²) in [6.07, 6.45) is 3.28. The Hall–Kier alpha value is -1.75. The van der Waals surface area contributed by atoms with Gasteiger partial charge in [0.2, 0.25) is 0 Å². The fourth-order valence-corrected chi connectivity index (χ4v) is 1.15. The first-order chi connectivity index (χ1) is 6.90. The first-order valence-electron chi connectivity index (χ1n) is 4.42. The first kappa shape index (κ1) is 8.83. The number of fused-ring (bicyclic) bond motifs is 1. The van der Waals surface area contributed by atoms with Gasteiger partial charge in [-0.25, -0.2) is 9.97 Å². The molecule has 0 aliphatic rings. The Labute approximate surface area is 81.4 Å². The minimum absolute atomic E-state index is 0.584. The van der Waals surface area contributed by atoms with Gasteiger partial charge in [0.25, 0.3) is 0 Å². The second-order valence-corrected chi connectivity index (χ2v) is 2.81. The highest BCUT2D eigenvalue weighted by atomic mass is 15.0. The predicted octanol–water partition coefficient (Wildman–Crippen LogP) is 0.395. The molecule has 0 amide bonds. The van der Waals surface area contributed by atoms with Crippen molar-refractivity contribution in [3.05, 3.63) is 24.5 Å². The van der Waals surface area contributed by atoms with Crippen molar-refractivity contribution in [3.63, 3.8) is 0 Å². The van der Waals surface area contributed by atoms with Crippen molar-refractivity contribution in [1.82, 2.24) is 15.0 Å². The number of rotatable bonds is 3. The van der Waals surface area contributed by atoms with Crippen molar-refractivity contribution in [1.29, 1.82) is 0 Å². The van der Waals surface area contributed by atoms with Crippen molar-refractivity contribution >= 4 is 17.0 Å². The largest absolute Gasteiger partial charge is 0.369 e. The van der Waals surface area contributed by atoms with E-state index in [2.05, 4.69) is 20.3 Å². The molecule has 0 aromatic carbocycles. The quantitative estimate of drug-likeness (QED) is 0.730. The molecular formula is C9H11N5. The van der Waals surface area contributed by atoms with Crippen LogP contribution in [0.15, 0.2) is 24.5 Å². The molecular weight excluding hydrogens is 178 g/mol. The van der Waals surface area contributed by atoms with E-state index in [1.807, 2.05) is 12.1 Å². The van der Waals surface area contributed by atoms with Gasteiger partial charge in [0.05, 0.1) is 0 Å². The highest BCUT2D eigenvalue weighted by molar-refractivity contribution is 5.71. The van der Waals surface area contributed by atoms with E-state index in [0.29, 0.717) is 18.7 Å². The van der Waals surface area contributed by atoms with Crippen molar-refractivity contribution in [3.8, 4) is 0 Å². The summed E-state index contributed by atoms with van der Waals surface area (Å²) < 4.78 is 0. The minimum Gasteiger partial charge on any atom is -0.369 e. The number of nitrogens with two attached hydrogens (primary N) is 1. The van der Waals surface area contributed by atoms with E-state index in [-0.39, 0.29) is 0 Å². The Morgan fingerprint density at radius 2 is 2.07 bits per heavy atom. The summed E-state index contributed by atoms with van der Waals surface area (Å²) in [7, 11) is 0. The topological polar surface area (TPSA) is 76.7 Å². The number of nitrogens with zero attached hydrogens (tertiary/aromatic N) is 3. The van der Waals surface area contributed by atoms with E-state index < -0.39 is 0 Å². The summed E-state index contributed by atoms with van der Waals surface area (Å²) >= 11 is 0. The molecule has 0 unspecified atom stereocenters. The molecule has 0 bridgehead atoms. The average molecular weight is 189 g/mol. The number of nitrogens with one attached hydrogen (secondary N) is 1. The molecule has 0 atom stereocenters. The smallest absolute Gasteiger partial charge is 0.180 e. The Kier molecular flexibility index (Phi) is 2.51. The molecule has 72 valence electrons. The van der Waals surface area contributed by atoms with Crippen LogP contribution in [0.1, 0.15) is 0 Å². The number of hydrogen-bond donors (Lipinski definition) is 2. The van der Waals surface area contributed by atoms with Crippen LogP contribution in [0.3, 0.4) is 0 Å². The van der Waals surface area contributed by atoms with Crippen LogP contribution in [0.5, 0.6) is 0 Å². The zero-order valence-corrected chi connectivity index (χ0v) is 7.64. The Bertz CT molecular complexity index is 428. The van der Waals surface area contributed by atoms with E-state index in [1.54, 1.807) is 12.4 Å². The number of pyridine rings is 1. The number of anilines is 1. The molecule has 0 saturated heterocycles. The fraction of sp³-hybridized carbons (Fsp3) is 0.222. The summed E-state index contributed by atoms with van der Waals surface area (Å²) in [6.45, 7) is 1.29. The molecule has 0 saturated carbocycles. The summed E-state index contributed by atoms with van der Waals surface area (Å²) in [6, 6.07) is 3.75. The van der Waals surface area contributed by atoms with Crippen LogP contribution in [-0.4, -0.2) is 28.0 Å². The lowest BCUT2D eigenvalue weighted by atomic mass is 10.4. The van der Waals surface area contributed by atoms with Crippen molar-refractivity contribution in [2.45, 2.75) is 0 Å². The molecule has 0 aliphatic heterocycles. The van der Waals surface area contributed by atoms with Gasteiger partial charge in [0.1, 0.15) is 11.3 Å². The molecule has 5 heteroatoms. The van der Waals surface area contributed by atoms with E-state index in [4.69, 9.17) is 5.73 Å². The van der Waals surface area contributed by atoms with E-state index in [1.165, 1.54) is 0 Å². The van der Waals surface area contributed by atoms with Gasteiger partial charge in [-0.15, -0.1) is 0 Å². The molecule has 0 aliphatic carbocycles. The van der Waals surface area contributed by atoms with Crippen LogP contribution in [0, 0.1) is 0 Å². The van der Waals surface area contributed by atoms with Gasteiger partial charge >= 0.3 is 0 Å². The summed E-state index contributed by atoms with van der Waals surface area (Å²) in [4.78, 5) is 12.5.